The van der Waals surface area contributed by atoms with E-state index in [1.807, 2.05) is 24.3 Å². The minimum atomic E-state index is -0.405. The highest BCUT2D eigenvalue weighted by atomic mass is 16.4. The van der Waals surface area contributed by atoms with Crippen molar-refractivity contribution in [2.75, 3.05) is 5.32 Å². The summed E-state index contributed by atoms with van der Waals surface area (Å²) >= 11 is 0. The van der Waals surface area contributed by atoms with Crippen molar-refractivity contribution in [2.24, 2.45) is 7.05 Å². The molecule has 1 aromatic heterocycles. The molecule has 1 N–H and O–H groups in total. The van der Waals surface area contributed by atoms with Crippen molar-refractivity contribution in [3.05, 3.63) is 64.1 Å². The van der Waals surface area contributed by atoms with E-state index in [0.717, 1.165) is 17.7 Å². The van der Waals surface area contributed by atoms with Gasteiger partial charge in [-0.25, -0.2) is 4.79 Å². The molecule has 5 heteroatoms. The summed E-state index contributed by atoms with van der Waals surface area (Å²) in [6.07, 6.45) is 1.21. The van der Waals surface area contributed by atoms with Gasteiger partial charge in [0.1, 0.15) is 0 Å². The van der Waals surface area contributed by atoms with Gasteiger partial charge in [-0.05, 0) is 41.8 Å². The van der Waals surface area contributed by atoms with Crippen molar-refractivity contribution in [3.63, 3.8) is 0 Å². The number of aromatic nitrogens is 1. The van der Waals surface area contributed by atoms with E-state index in [-0.39, 0.29) is 12.3 Å². The van der Waals surface area contributed by atoms with Crippen LogP contribution in [0.1, 0.15) is 18.1 Å². The van der Waals surface area contributed by atoms with Crippen molar-refractivity contribution in [2.45, 2.75) is 19.8 Å². The zero-order valence-electron chi connectivity index (χ0n) is 13.1. The monoisotopic (exact) mass is 310 g/mol. The highest BCUT2D eigenvalue weighted by Gasteiger charge is 2.09. The first-order chi connectivity index (χ1) is 11.1. The summed E-state index contributed by atoms with van der Waals surface area (Å²) in [5, 5.41) is 2.88. The third-order valence-electron chi connectivity index (χ3n) is 3.87. The number of rotatable bonds is 4. The van der Waals surface area contributed by atoms with E-state index in [1.54, 1.807) is 25.2 Å². The predicted octanol–water partition coefficient (Wildman–Crippen LogP) is 2.88. The molecule has 5 nitrogen and oxygen atoms in total. The average molecular weight is 310 g/mol. The first-order valence-corrected chi connectivity index (χ1v) is 7.54. The third-order valence-corrected chi connectivity index (χ3v) is 3.87. The summed E-state index contributed by atoms with van der Waals surface area (Å²) in [5.41, 5.74) is 4.05. The molecule has 0 bridgehead atoms. The Balaban J connectivity index is 1.74. The Kier molecular flexibility index (Phi) is 4.02. The van der Waals surface area contributed by atoms with Crippen LogP contribution in [0.25, 0.3) is 11.1 Å². The Morgan fingerprint density at radius 1 is 1.13 bits per heavy atom. The van der Waals surface area contributed by atoms with Gasteiger partial charge in [0, 0.05) is 12.7 Å². The van der Waals surface area contributed by atoms with Gasteiger partial charge in [0.25, 0.3) is 0 Å². The van der Waals surface area contributed by atoms with Crippen molar-refractivity contribution < 1.29 is 9.21 Å². The number of carbonyl (C=O) groups is 1. The van der Waals surface area contributed by atoms with E-state index in [9.17, 15) is 9.59 Å². The van der Waals surface area contributed by atoms with Gasteiger partial charge in [-0.2, -0.15) is 0 Å². The number of hydrogen-bond acceptors (Lipinski definition) is 3. The van der Waals surface area contributed by atoms with Crippen LogP contribution >= 0.6 is 0 Å². The second kappa shape index (κ2) is 6.12. The first-order valence-electron chi connectivity index (χ1n) is 7.54. The fraction of sp³-hybridized carbons (Fsp3) is 0.222. The number of carbonyl (C=O) groups excluding carboxylic acids is 1. The summed E-state index contributed by atoms with van der Waals surface area (Å²) < 4.78 is 6.51. The largest absolute Gasteiger partial charge is 0.419 e. The second-order valence-electron chi connectivity index (χ2n) is 5.50. The van der Waals surface area contributed by atoms with Gasteiger partial charge in [-0.15, -0.1) is 0 Å². The molecule has 118 valence electrons. The van der Waals surface area contributed by atoms with Gasteiger partial charge in [0.15, 0.2) is 5.58 Å². The van der Waals surface area contributed by atoms with E-state index < -0.39 is 5.76 Å². The zero-order valence-corrected chi connectivity index (χ0v) is 13.1. The summed E-state index contributed by atoms with van der Waals surface area (Å²) in [7, 11) is 1.65. The second-order valence-corrected chi connectivity index (χ2v) is 5.50. The summed E-state index contributed by atoms with van der Waals surface area (Å²) in [6, 6.07) is 13.1. The molecule has 2 aromatic carbocycles. The maximum absolute atomic E-state index is 12.2. The number of aryl methyl sites for hydroxylation is 2. The quantitative estimate of drug-likeness (QED) is 0.806. The summed E-state index contributed by atoms with van der Waals surface area (Å²) in [4.78, 5) is 23.6. The summed E-state index contributed by atoms with van der Waals surface area (Å²) in [5.74, 6) is -0.500. The molecule has 0 radical (unpaired) electrons. The molecule has 0 atom stereocenters. The molecular formula is C18H18N2O3. The molecule has 3 rings (SSSR count). The molecule has 1 heterocycles. The molecule has 23 heavy (non-hydrogen) atoms. The minimum absolute atomic E-state index is 0.0953. The van der Waals surface area contributed by atoms with E-state index in [4.69, 9.17) is 4.42 Å². The van der Waals surface area contributed by atoms with Crippen LogP contribution in [0.2, 0.25) is 0 Å². The molecular weight excluding hydrogens is 292 g/mol. The number of fused-ring (bicyclic) bond motifs is 1. The smallest absolute Gasteiger partial charge is 0.408 e. The maximum Gasteiger partial charge on any atom is 0.419 e. The van der Waals surface area contributed by atoms with Crippen LogP contribution in [0.15, 0.2) is 51.7 Å². The predicted molar refractivity (Wildman–Crippen MR) is 89.6 cm³/mol. The minimum Gasteiger partial charge on any atom is -0.408 e. The molecule has 0 saturated heterocycles. The van der Waals surface area contributed by atoms with Crippen molar-refractivity contribution in [1.29, 1.82) is 0 Å². The molecule has 0 spiro atoms. The first kappa shape index (κ1) is 15.1. The number of hydrogen-bond donors (Lipinski definition) is 1. The Morgan fingerprint density at radius 3 is 2.52 bits per heavy atom. The molecule has 0 saturated carbocycles. The Labute approximate surface area is 133 Å². The van der Waals surface area contributed by atoms with Gasteiger partial charge in [-0.3, -0.25) is 9.36 Å². The van der Waals surface area contributed by atoms with Gasteiger partial charge in [-0.1, -0.05) is 25.1 Å². The lowest BCUT2D eigenvalue weighted by atomic mass is 10.1. The lowest BCUT2D eigenvalue weighted by molar-refractivity contribution is -0.115. The van der Waals surface area contributed by atoms with Gasteiger partial charge in [0.05, 0.1) is 11.9 Å². The number of anilines is 1. The number of oxazole rings is 1. The van der Waals surface area contributed by atoms with E-state index in [0.29, 0.717) is 11.1 Å². The fourth-order valence-electron chi connectivity index (χ4n) is 2.50. The highest BCUT2D eigenvalue weighted by Crippen LogP contribution is 2.16. The van der Waals surface area contributed by atoms with Crippen LogP contribution in [0.5, 0.6) is 0 Å². The fourth-order valence-corrected chi connectivity index (χ4v) is 2.50. The molecule has 0 fully saturated rings. The SMILES string of the molecule is CCc1ccc(NC(=O)Cc2ccc3oc(=O)n(C)c3c2)cc1. The van der Waals surface area contributed by atoms with Gasteiger partial charge in [0.2, 0.25) is 5.91 Å². The van der Waals surface area contributed by atoms with Crippen LogP contribution in [0.4, 0.5) is 5.69 Å². The van der Waals surface area contributed by atoms with E-state index in [2.05, 4.69) is 12.2 Å². The van der Waals surface area contributed by atoms with E-state index in [1.165, 1.54) is 10.1 Å². The van der Waals surface area contributed by atoms with E-state index >= 15 is 0 Å². The van der Waals surface area contributed by atoms with Crippen molar-refractivity contribution >= 4 is 22.7 Å². The molecule has 0 aliphatic rings. The topological polar surface area (TPSA) is 64.2 Å². The van der Waals surface area contributed by atoms with Crippen LogP contribution in [-0.4, -0.2) is 10.5 Å². The number of nitrogens with one attached hydrogen (secondary N) is 1. The molecule has 0 aliphatic carbocycles. The molecule has 0 unspecified atom stereocenters. The highest BCUT2D eigenvalue weighted by molar-refractivity contribution is 5.92. The van der Waals surface area contributed by atoms with Gasteiger partial charge < -0.3 is 9.73 Å². The lowest BCUT2D eigenvalue weighted by Gasteiger charge is -2.06. The van der Waals surface area contributed by atoms with Crippen molar-refractivity contribution in [3.8, 4) is 0 Å². The normalized spacial score (nSPS) is 10.9. The van der Waals surface area contributed by atoms with Crippen LogP contribution < -0.4 is 11.1 Å². The van der Waals surface area contributed by atoms with Crippen molar-refractivity contribution in [1.82, 2.24) is 4.57 Å². The Morgan fingerprint density at radius 2 is 1.83 bits per heavy atom. The number of benzene rings is 2. The Bertz CT molecular complexity index is 904. The maximum atomic E-state index is 12.2. The van der Waals surface area contributed by atoms with Gasteiger partial charge >= 0.3 is 5.76 Å². The van der Waals surface area contributed by atoms with Crippen LogP contribution in [-0.2, 0) is 24.7 Å². The standard InChI is InChI=1S/C18H18N2O3/c1-3-12-4-7-14(8-5-12)19-17(21)11-13-6-9-16-15(10-13)20(2)18(22)23-16/h4-10H,3,11H2,1-2H3,(H,19,21). The third kappa shape index (κ3) is 3.18. The lowest BCUT2D eigenvalue weighted by Crippen LogP contribution is -2.14. The number of nitrogens with zero attached hydrogens (tertiary/aromatic N) is 1. The average Bonchev–Trinajstić information content (AvgIpc) is 2.83. The van der Waals surface area contributed by atoms with Crippen LogP contribution in [0.3, 0.4) is 0 Å². The van der Waals surface area contributed by atoms with Crippen LogP contribution in [0, 0.1) is 0 Å². The zero-order chi connectivity index (χ0) is 16.4. The summed E-state index contributed by atoms with van der Waals surface area (Å²) in [6.45, 7) is 2.09. The molecule has 0 aliphatic heterocycles. The Hall–Kier alpha value is -2.82. The molecule has 1 amide bonds. The molecule has 3 aromatic rings. The number of amides is 1.